The molecule has 3 nitrogen and oxygen atoms in total. The number of pyridine rings is 1. The standard InChI is InChI=1S/C26H26BrNO2/c1-4-26(2,3)18-14-17(13-16-9-5-7-11-21(16)27)24-20(15-18)23(25(29)30)19-10-6-8-12-22(19)28-24/h5-13,18H,4,14-15H2,1-3H3,(H,29,30). The van der Waals surface area contributed by atoms with Crippen molar-refractivity contribution >= 4 is 44.5 Å². The Hall–Kier alpha value is -2.46. The summed E-state index contributed by atoms with van der Waals surface area (Å²) >= 11 is 3.65. The highest BCUT2D eigenvalue weighted by Gasteiger charge is 2.36. The summed E-state index contributed by atoms with van der Waals surface area (Å²) in [5, 5.41) is 10.9. The van der Waals surface area contributed by atoms with E-state index in [0.29, 0.717) is 11.5 Å². The molecule has 0 bridgehead atoms. The van der Waals surface area contributed by atoms with Gasteiger partial charge in [-0.15, -0.1) is 0 Å². The zero-order valence-corrected chi connectivity index (χ0v) is 19.2. The smallest absolute Gasteiger partial charge is 0.336 e. The molecule has 3 aromatic rings. The summed E-state index contributed by atoms with van der Waals surface area (Å²) in [6.07, 6.45) is 4.84. The lowest BCUT2D eigenvalue weighted by molar-refractivity contribution is 0.0696. The number of carboxylic acids is 1. The van der Waals surface area contributed by atoms with Gasteiger partial charge >= 0.3 is 5.97 Å². The van der Waals surface area contributed by atoms with Crippen molar-refractivity contribution < 1.29 is 9.90 Å². The first-order valence-corrected chi connectivity index (χ1v) is 11.2. The number of rotatable bonds is 4. The lowest BCUT2D eigenvalue weighted by Gasteiger charge is -2.38. The van der Waals surface area contributed by atoms with Crippen LogP contribution in [0, 0.1) is 11.3 Å². The summed E-state index contributed by atoms with van der Waals surface area (Å²) in [5.41, 5.74) is 5.15. The van der Waals surface area contributed by atoms with Gasteiger partial charge in [0.25, 0.3) is 0 Å². The number of carbonyl (C=O) groups is 1. The van der Waals surface area contributed by atoms with E-state index in [1.54, 1.807) is 0 Å². The van der Waals surface area contributed by atoms with Gasteiger partial charge in [-0.05, 0) is 59.1 Å². The highest BCUT2D eigenvalue weighted by Crippen LogP contribution is 2.46. The fourth-order valence-electron chi connectivity index (χ4n) is 4.39. The van der Waals surface area contributed by atoms with Crippen molar-refractivity contribution in [1.82, 2.24) is 4.98 Å². The molecule has 0 radical (unpaired) electrons. The minimum Gasteiger partial charge on any atom is -0.478 e. The van der Waals surface area contributed by atoms with Crippen LogP contribution in [0.4, 0.5) is 0 Å². The van der Waals surface area contributed by atoms with Crippen molar-refractivity contribution in [1.29, 1.82) is 0 Å². The number of allylic oxidation sites excluding steroid dienone is 1. The van der Waals surface area contributed by atoms with Gasteiger partial charge in [0.15, 0.2) is 0 Å². The Kier molecular flexibility index (Phi) is 5.54. The first-order chi connectivity index (χ1) is 14.3. The van der Waals surface area contributed by atoms with Crippen LogP contribution in [0.15, 0.2) is 53.0 Å². The van der Waals surface area contributed by atoms with Crippen molar-refractivity contribution in [3.8, 4) is 0 Å². The van der Waals surface area contributed by atoms with Crippen LogP contribution >= 0.6 is 15.9 Å². The van der Waals surface area contributed by atoms with Gasteiger partial charge in [0, 0.05) is 9.86 Å². The average molecular weight is 464 g/mol. The summed E-state index contributed by atoms with van der Waals surface area (Å²) in [4.78, 5) is 17.3. The molecule has 0 saturated carbocycles. The number of aromatic nitrogens is 1. The number of fused-ring (bicyclic) bond motifs is 2. The lowest BCUT2D eigenvalue weighted by atomic mass is 9.67. The maximum Gasteiger partial charge on any atom is 0.336 e. The van der Waals surface area contributed by atoms with E-state index in [4.69, 9.17) is 4.98 Å². The first-order valence-electron chi connectivity index (χ1n) is 10.4. The largest absolute Gasteiger partial charge is 0.478 e. The molecular formula is C26H26BrNO2. The Morgan fingerprint density at radius 3 is 2.57 bits per heavy atom. The minimum atomic E-state index is -0.875. The van der Waals surface area contributed by atoms with Crippen molar-refractivity contribution in [3.05, 3.63) is 75.4 Å². The van der Waals surface area contributed by atoms with E-state index in [2.05, 4.69) is 48.8 Å². The van der Waals surface area contributed by atoms with Crippen molar-refractivity contribution in [3.63, 3.8) is 0 Å². The number of carboxylic acid groups (broad SMARTS) is 1. The maximum atomic E-state index is 12.4. The molecule has 1 unspecified atom stereocenters. The van der Waals surface area contributed by atoms with Crippen LogP contribution in [-0.2, 0) is 6.42 Å². The second-order valence-corrected chi connectivity index (χ2v) is 9.63. The van der Waals surface area contributed by atoms with Crippen LogP contribution in [0.2, 0.25) is 0 Å². The van der Waals surface area contributed by atoms with E-state index in [1.165, 1.54) is 0 Å². The fraction of sp³-hybridized carbons (Fsp3) is 0.308. The van der Waals surface area contributed by atoms with Gasteiger partial charge in [-0.1, -0.05) is 79.5 Å². The Morgan fingerprint density at radius 2 is 1.87 bits per heavy atom. The van der Waals surface area contributed by atoms with E-state index in [1.807, 2.05) is 42.5 Å². The Morgan fingerprint density at radius 1 is 1.17 bits per heavy atom. The van der Waals surface area contributed by atoms with E-state index in [9.17, 15) is 9.90 Å². The molecule has 0 spiro atoms. The summed E-state index contributed by atoms with van der Waals surface area (Å²) in [5.74, 6) is -0.523. The quantitative estimate of drug-likeness (QED) is 0.443. The zero-order valence-electron chi connectivity index (χ0n) is 17.6. The van der Waals surface area contributed by atoms with Crippen LogP contribution in [0.25, 0.3) is 22.6 Å². The fourth-order valence-corrected chi connectivity index (χ4v) is 4.79. The molecule has 1 aliphatic carbocycles. The summed E-state index contributed by atoms with van der Waals surface area (Å²) in [7, 11) is 0. The van der Waals surface area contributed by atoms with E-state index in [0.717, 1.165) is 57.0 Å². The average Bonchev–Trinajstić information content (AvgIpc) is 2.73. The molecular weight excluding hydrogens is 438 g/mol. The van der Waals surface area contributed by atoms with Crippen LogP contribution < -0.4 is 0 Å². The molecule has 30 heavy (non-hydrogen) atoms. The van der Waals surface area contributed by atoms with Gasteiger partial charge in [0.2, 0.25) is 0 Å². The molecule has 0 aliphatic heterocycles. The van der Waals surface area contributed by atoms with E-state index < -0.39 is 5.97 Å². The second kappa shape index (κ2) is 7.99. The molecule has 1 N–H and O–H groups in total. The van der Waals surface area contributed by atoms with Crippen molar-refractivity contribution in [2.75, 3.05) is 0 Å². The Labute approximate surface area is 186 Å². The normalized spacial score (nSPS) is 17.9. The van der Waals surface area contributed by atoms with Crippen LogP contribution in [-0.4, -0.2) is 16.1 Å². The summed E-state index contributed by atoms with van der Waals surface area (Å²) in [6, 6.07) is 15.7. The van der Waals surface area contributed by atoms with Gasteiger partial charge in [0.1, 0.15) is 0 Å². The first kappa shape index (κ1) is 20.8. The molecule has 0 amide bonds. The Bertz CT molecular complexity index is 1160. The third kappa shape index (κ3) is 3.69. The number of benzene rings is 2. The highest BCUT2D eigenvalue weighted by atomic mass is 79.9. The number of hydrogen-bond donors (Lipinski definition) is 1. The van der Waals surface area contributed by atoms with Crippen LogP contribution in [0.3, 0.4) is 0 Å². The number of para-hydroxylation sites is 1. The monoisotopic (exact) mass is 463 g/mol. The van der Waals surface area contributed by atoms with Crippen molar-refractivity contribution in [2.24, 2.45) is 11.3 Å². The molecule has 1 atom stereocenters. The van der Waals surface area contributed by atoms with Gasteiger partial charge in [-0.2, -0.15) is 0 Å². The molecule has 1 aromatic heterocycles. The maximum absolute atomic E-state index is 12.4. The zero-order chi connectivity index (χ0) is 21.5. The second-order valence-electron chi connectivity index (χ2n) is 8.77. The number of nitrogens with zero attached hydrogens (tertiary/aromatic N) is 1. The molecule has 1 aliphatic rings. The van der Waals surface area contributed by atoms with Gasteiger partial charge in [-0.3, -0.25) is 0 Å². The van der Waals surface area contributed by atoms with Crippen molar-refractivity contribution in [2.45, 2.75) is 40.0 Å². The van der Waals surface area contributed by atoms with Gasteiger partial charge in [0.05, 0.1) is 16.8 Å². The SMILES string of the molecule is CCC(C)(C)C1CC(=Cc2ccccc2Br)c2nc3ccccc3c(C(=O)O)c2C1. The third-order valence-electron chi connectivity index (χ3n) is 6.68. The van der Waals surface area contributed by atoms with E-state index in [-0.39, 0.29) is 5.41 Å². The number of halogens is 1. The summed E-state index contributed by atoms with van der Waals surface area (Å²) < 4.78 is 1.02. The predicted octanol–water partition coefficient (Wildman–Crippen LogP) is 7.23. The molecule has 2 aromatic carbocycles. The molecule has 154 valence electrons. The summed E-state index contributed by atoms with van der Waals surface area (Å²) in [6.45, 7) is 6.78. The van der Waals surface area contributed by atoms with Crippen LogP contribution in [0.1, 0.15) is 60.8 Å². The minimum absolute atomic E-state index is 0.103. The molecule has 1 heterocycles. The van der Waals surface area contributed by atoms with Crippen LogP contribution in [0.5, 0.6) is 0 Å². The third-order valence-corrected chi connectivity index (χ3v) is 7.40. The van der Waals surface area contributed by atoms with Gasteiger partial charge < -0.3 is 5.11 Å². The van der Waals surface area contributed by atoms with E-state index >= 15 is 0 Å². The molecule has 0 saturated heterocycles. The Balaban J connectivity index is 2.01. The topological polar surface area (TPSA) is 50.2 Å². The molecule has 4 heteroatoms. The highest BCUT2D eigenvalue weighted by molar-refractivity contribution is 9.10. The predicted molar refractivity (Wildman–Crippen MR) is 127 cm³/mol. The molecule has 0 fully saturated rings. The number of hydrogen-bond acceptors (Lipinski definition) is 2. The van der Waals surface area contributed by atoms with Gasteiger partial charge in [-0.25, -0.2) is 9.78 Å². The lowest BCUT2D eigenvalue weighted by Crippen LogP contribution is -2.30. The number of aromatic carboxylic acids is 1. The molecule has 4 rings (SSSR count).